The van der Waals surface area contributed by atoms with Crippen LogP contribution in [0.25, 0.3) is 11.1 Å². The lowest BCUT2D eigenvalue weighted by atomic mass is 9.97. The first-order valence-corrected chi connectivity index (χ1v) is 9.76. The van der Waals surface area contributed by atoms with Gasteiger partial charge in [0.25, 0.3) is 5.91 Å². The Hall–Kier alpha value is -2.67. The molecule has 7 heteroatoms. The number of hydrogen-bond acceptors (Lipinski definition) is 4. The molecule has 28 heavy (non-hydrogen) atoms. The van der Waals surface area contributed by atoms with E-state index in [2.05, 4.69) is 31.5 Å². The molecule has 3 rings (SSSR count). The van der Waals surface area contributed by atoms with E-state index in [-0.39, 0.29) is 30.2 Å². The Morgan fingerprint density at radius 1 is 1.11 bits per heavy atom. The third-order valence-corrected chi connectivity index (χ3v) is 4.59. The second-order valence-electron chi connectivity index (χ2n) is 7.51. The van der Waals surface area contributed by atoms with Crippen molar-refractivity contribution in [2.24, 2.45) is 0 Å². The Morgan fingerprint density at radius 3 is 2.50 bits per heavy atom. The molecule has 0 saturated carbocycles. The minimum absolute atomic E-state index is 0.173. The second-order valence-corrected chi connectivity index (χ2v) is 8.43. The molecule has 0 bridgehead atoms. The van der Waals surface area contributed by atoms with Gasteiger partial charge in [0.15, 0.2) is 5.58 Å². The van der Waals surface area contributed by atoms with Crippen molar-refractivity contribution in [1.82, 2.24) is 10.3 Å². The standard InChI is InChI=1S/C21H22BrN3O3/c1-21(2,3)20-25-16-12-15(8-9-17(16)28-20)24-18(26)10-11-23-19(27)13-4-6-14(22)7-5-13/h4-9,12H,10-11H2,1-3H3,(H,23,27)(H,24,26). The summed E-state index contributed by atoms with van der Waals surface area (Å²) in [6, 6.07) is 12.4. The monoisotopic (exact) mass is 443 g/mol. The van der Waals surface area contributed by atoms with Gasteiger partial charge in [-0.1, -0.05) is 36.7 Å². The highest BCUT2D eigenvalue weighted by molar-refractivity contribution is 9.10. The lowest BCUT2D eigenvalue weighted by molar-refractivity contribution is -0.116. The number of carbonyl (C=O) groups excluding carboxylic acids is 2. The molecule has 1 aromatic heterocycles. The van der Waals surface area contributed by atoms with Crippen LogP contribution in [0.15, 0.2) is 51.4 Å². The SMILES string of the molecule is CC(C)(C)c1nc2cc(NC(=O)CCNC(=O)c3ccc(Br)cc3)ccc2o1. The number of halogens is 1. The highest BCUT2D eigenvalue weighted by Crippen LogP contribution is 2.27. The Labute approximate surface area is 171 Å². The molecule has 0 aliphatic carbocycles. The van der Waals surface area contributed by atoms with Crippen LogP contribution >= 0.6 is 15.9 Å². The van der Waals surface area contributed by atoms with Crippen LogP contribution in [0.5, 0.6) is 0 Å². The van der Waals surface area contributed by atoms with E-state index in [1.54, 1.807) is 42.5 Å². The highest BCUT2D eigenvalue weighted by atomic mass is 79.9. The Balaban J connectivity index is 1.54. The number of oxazole rings is 1. The quantitative estimate of drug-likeness (QED) is 0.600. The number of carbonyl (C=O) groups is 2. The van der Waals surface area contributed by atoms with E-state index in [1.165, 1.54) is 0 Å². The average molecular weight is 444 g/mol. The third-order valence-electron chi connectivity index (χ3n) is 4.06. The number of aromatic nitrogens is 1. The van der Waals surface area contributed by atoms with Crippen molar-refractivity contribution >= 4 is 44.5 Å². The zero-order valence-corrected chi connectivity index (χ0v) is 17.6. The molecule has 0 spiro atoms. The summed E-state index contributed by atoms with van der Waals surface area (Å²) in [4.78, 5) is 28.7. The Kier molecular flexibility index (Phi) is 5.84. The molecule has 2 aromatic carbocycles. The summed E-state index contributed by atoms with van der Waals surface area (Å²) in [7, 11) is 0. The lowest BCUT2D eigenvalue weighted by Crippen LogP contribution is -2.27. The molecule has 6 nitrogen and oxygen atoms in total. The van der Waals surface area contributed by atoms with Gasteiger partial charge < -0.3 is 15.1 Å². The number of fused-ring (bicyclic) bond motifs is 1. The fourth-order valence-corrected chi connectivity index (χ4v) is 2.81. The highest BCUT2D eigenvalue weighted by Gasteiger charge is 2.21. The van der Waals surface area contributed by atoms with Gasteiger partial charge in [-0.15, -0.1) is 0 Å². The van der Waals surface area contributed by atoms with Gasteiger partial charge in [-0.05, 0) is 42.5 Å². The maximum absolute atomic E-state index is 12.2. The zero-order valence-electron chi connectivity index (χ0n) is 16.0. The van der Waals surface area contributed by atoms with Gasteiger partial charge in [0.2, 0.25) is 11.8 Å². The zero-order chi connectivity index (χ0) is 20.3. The van der Waals surface area contributed by atoms with Crippen LogP contribution < -0.4 is 10.6 Å². The molecule has 0 saturated heterocycles. The van der Waals surface area contributed by atoms with Gasteiger partial charge in [0, 0.05) is 34.1 Å². The lowest BCUT2D eigenvalue weighted by Gasteiger charge is -2.11. The van der Waals surface area contributed by atoms with Crippen LogP contribution in [-0.2, 0) is 10.2 Å². The largest absolute Gasteiger partial charge is 0.440 e. The summed E-state index contributed by atoms with van der Waals surface area (Å²) in [5, 5.41) is 5.57. The summed E-state index contributed by atoms with van der Waals surface area (Å²) in [6.45, 7) is 6.34. The molecule has 0 unspecified atom stereocenters. The molecule has 0 radical (unpaired) electrons. The molecule has 1 heterocycles. The number of nitrogens with one attached hydrogen (secondary N) is 2. The summed E-state index contributed by atoms with van der Waals surface area (Å²) in [6.07, 6.45) is 0.173. The van der Waals surface area contributed by atoms with Crippen LogP contribution in [0, 0.1) is 0 Å². The summed E-state index contributed by atoms with van der Waals surface area (Å²) >= 11 is 3.33. The van der Waals surface area contributed by atoms with Gasteiger partial charge >= 0.3 is 0 Å². The van der Waals surface area contributed by atoms with Crippen LogP contribution in [0.4, 0.5) is 5.69 Å². The normalized spacial score (nSPS) is 11.4. The van der Waals surface area contributed by atoms with Crippen molar-refractivity contribution in [2.45, 2.75) is 32.6 Å². The number of rotatable bonds is 5. The Bertz CT molecular complexity index is 1000. The second kappa shape index (κ2) is 8.14. The van der Waals surface area contributed by atoms with Crippen molar-refractivity contribution in [3.05, 3.63) is 58.4 Å². The molecule has 0 atom stereocenters. The minimum atomic E-state index is -0.209. The Morgan fingerprint density at radius 2 is 1.82 bits per heavy atom. The van der Waals surface area contributed by atoms with Crippen molar-refractivity contribution in [3.8, 4) is 0 Å². The van der Waals surface area contributed by atoms with Crippen LogP contribution in [-0.4, -0.2) is 23.3 Å². The molecule has 146 valence electrons. The first-order chi connectivity index (χ1) is 13.2. The van der Waals surface area contributed by atoms with E-state index < -0.39 is 0 Å². The van der Waals surface area contributed by atoms with Crippen molar-refractivity contribution in [1.29, 1.82) is 0 Å². The molecule has 0 aliphatic heterocycles. The fraction of sp³-hybridized carbons (Fsp3) is 0.286. The average Bonchev–Trinajstić information content (AvgIpc) is 3.06. The number of hydrogen-bond donors (Lipinski definition) is 2. The maximum atomic E-state index is 12.2. The van der Waals surface area contributed by atoms with Crippen molar-refractivity contribution in [3.63, 3.8) is 0 Å². The van der Waals surface area contributed by atoms with Crippen molar-refractivity contribution in [2.75, 3.05) is 11.9 Å². The first-order valence-electron chi connectivity index (χ1n) is 8.97. The van der Waals surface area contributed by atoms with Gasteiger partial charge in [0.05, 0.1) is 0 Å². The van der Waals surface area contributed by atoms with E-state index >= 15 is 0 Å². The number of amides is 2. The number of nitrogens with zero attached hydrogens (tertiary/aromatic N) is 1. The summed E-state index contributed by atoms with van der Waals surface area (Å²) in [5.41, 5.74) is 2.39. The molecule has 2 amide bonds. The molecular weight excluding hydrogens is 422 g/mol. The summed E-state index contributed by atoms with van der Waals surface area (Å²) < 4.78 is 6.66. The van der Waals surface area contributed by atoms with E-state index in [1.807, 2.05) is 20.8 Å². The van der Waals surface area contributed by atoms with Gasteiger partial charge in [0.1, 0.15) is 5.52 Å². The van der Waals surface area contributed by atoms with E-state index in [0.29, 0.717) is 28.2 Å². The summed E-state index contributed by atoms with van der Waals surface area (Å²) in [5.74, 6) is 0.260. The van der Waals surface area contributed by atoms with Gasteiger partial charge in [-0.25, -0.2) is 4.98 Å². The maximum Gasteiger partial charge on any atom is 0.251 e. The molecule has 3 aromatic rings. The van der Waals surface area contributed by atoms with E-state index in [9.17, 15) is 9.59 Å². The molecule has 0 aliphatic rings. The van der Waals surface area contributed by atoms with Gasteiger partial charge in [-0.2, -0.15) is 0 Å². The van der Waals surface area contributed by atoms with Gasteiger partial charge in [-0.3, -0.25) is 9.59 Å². The van der Waals surface area contributed by atoms with Crippen LogP contribution in [0.3, 0.4) is 0 Å². The molecule has 0 fully saturated rings. The predicted molar refractivity (Wildman–Crippen MR) is 112 cm³/mol. The van der Waals surface area contributed by atoms with Crippen LogP contribution in [0.2, 0.25) is 0 Å². The number of benzene rings is 2. The smallest absolute Gasteiger partial charge is 0.251 e. The topological polar surface area (TPSA) is 84.2 Å². The molecular formula is C21H22BrN3O3. The van der Waals surface area contributed by atoms with Crippen molar-refractivity contribution < 1.29 is 14.0 Å². The number of anilines is 1. The predicted octanol–water partition coefficient (Wildman–Crippen LogP) is 4.65. The molecule has 2 N–H and O–H groups in total. The fourth-order valence-electron chi connectivity index (χ4n) is 2.54. The van der Waals surface area contributed by atoms with E-state index in [0.717, 1.165) is 4.47 Å². The minimum Gasteiger partial charge on any atom is -0.440 e. The first kappa shape index (κ1) is 20.1. The third kappa shape index (κ3) is 4.98. The van der Waals surface area contributed by atoms with Crippen LogP contribution in [0.1, 0.15) is 43.4 Å². The van der Waals surface area contributed by atoms with E-state index in [4.69, 9.17) is 4.42 Å².